The summed E-state index contributed by atoms with van der Waals surface area (Å²) < 4.78 is 5.62. The number of aryl methyl sites for hydroxylation is 2. The summed E-state index contributed by atoms with van der Waals surface area (Å²) in [6.07, 6.45) is 7.71. The van der Waals surface area contributed by atoms with Crippen LogP contribution in [0.5, 0.6) is 5.88 Å². The van der Waals surface area contributed by atoms with Gasteiger partial charge in [0.05, 0.1) is 6.61 Å². The van der Waals surface area contributed by atoms with Gasteiger partial charge in [-0.25, -0.2) is 9.78 Å². The second-order valence-electron chi connectivity index (χ2n) is 5.54. The Morgan fingerprint density at radius 2 is 2.16 bits per heavy atom. The number of pyridine rings is 1. The number of ether oxygens (including phenoxy) is 1. The number of carboxylic acids is 1. The van der Waals surface area contributed by atoms with Crippen molar-refractivity contribution in [1.29, 1.82) is 0 Å². The standard InChI is InChI=1S/C15H19NO3/c17-15(18)12-9-11-3-1-2-4-13(11)16-14(12)19-8-7-10-5-6-10/h9-10H,1-8H2,(H,17,18). The predicted octanol–water partition coefficient (Wildman–Crippen LogP) is 2.84. The van der Waals surface area contributed by atoms with Crippen LogP contribution in [0, 0.1) is 5.92 Å². The first-order valence-electron chi connectivity index (χ1n) is 7.13. The second-order valence-corrected chi connectivity index (χ2v) is 5.54. The Kier molecular flexibility index (Phi) is 3.40. The number of hydrogen-bond acceptors (Lipinski definition) is 3. The molecule has 0 spiro atoms. The monoisotopic (exact) mass is 261 g/mol. The van der Waals surface area contributed by atoms with Crippen molar-refractivity contribution in [3.05, 3.63) is 22.9 Å². The van der Waals surface area contributed by atoms with Crippen LogP contribution in [0.1, 0.15) is 53.7 Å². The third-order valence-electron chi connectivity index (χ3n) is 3.96. The summed E-state index contributed by atoms with van der Waals surface area (Å²) in [5.41, 5.74) is 2.33. The molecule has 102 valence electrons. The van der Waals surface area contributed by atoms with E-state index in [9.17, 15) is 9.90 Å². The van der Waals surface area contributed by atoms with Crippen molar-refractivity contribution >= 4 is 5.97 Å². The van der Waals surface area contributed by atoms with Crippen molar-refractivity contribution in [3.8, 4) is 5.88 Å². The van der Waals surface area contributed by atoms with Crippen LogP contribution in [-0.4, -0.2) is 22.7 Å². The van der Waals surface area contributed by atoms with Gasteiger partial charge in [-0.2, -0.15) is 0 Å². The summed E-state index contributed by atoms with van der Waals surface area (Å²) in [5.74, 6) is 0.155. The normalized spacial score (nSPS) is 17.9. The lowest BCUT2D eigenvalue weighted by Crippen LogP contribution is -2.13. The molecule has 3 rings (SSSR count). The van der Waals surface area contributed by atoms with E-state index in [0.29, 0.717) is 12.5 Å². The minimum atomic E-state index is -0.942. The molecule has 0 radical (unpaired) electrons. The summed E-state index contributed by atoms with van der Waals surface area (Å²) in [6.45, 7) is 0.580. The Bertz CT molecular complexity index is 494. The topological polar surface area (TPSA) is 59.4 Å². The Hall–Kier alpha value is -1.58. The van der Waals surface area contributed by atoms with Crippen LogP contribution in [0.25, 0.3) is 0 Å². The Labute approximate surface area is 112 Å². The van der Waals surface area contributed by atoms with Crippen molar-refractivity contribution in [2.45, 2.75) is 44.9 Å². The van der Waals surface area contributed by atoms with Crippen LogP contribution in [0.3, 0.4) is 0 Å². The molecule has 4 heteroatoms. The van der Waals surface area contributed by atoms with Gasteiger partial charge in [0.2, 0.25) is 5.88 Å². The number of aromatic carboxylic acids is 1. The fourth-order valence-electron chi connectivity index (χ4n) is 2.61. The average Bonchev–Trinajstić information content (AvgIpc) is 3.22. The lowest BCUT2D eigenvalue weighted by Gasteiger charge is -2.17. The number of carboxylic acid groups (broad SMARTS) is 1. The first kappa shape index (κ1) is 12.5. The van der Waals surface area contributed by atoms with Gasteiger partial charge in [0.1, 0.15) is 5.56 Å². The number of carbonyl (C=O) groups is 1. The third-order valence-corrected chi connectivity index (χ3v) is 3.96. The molecule has 1 heterocycles. The van der Waals surface area contributed by atoms with Crippen LogP contribution in [0.4, 0.5) is 0 Å². The fourth-order valence-corrected chi connectivity index (χ4v) is 2.61. The molecule has 1 saturated carbocycles. The van der Waals surface area contributed by atoms with E-state index in [1.165, 1.54) is 12.8 Å². The van der Waals surface area contributed by atoms with E-state index in [1.807, 2.05) is 0 Å². The Morgan fingerprint density at radius 1 is 1.37 bits per heavy atom. The molecule has 0 aromatic carbocycles. The smallest absolute Gasteiger partial charge is 0.341 e. The van der Waals surface area contributed by atoms with Crippen LogP contribution in [0.2, 0.25) is 0 Å². The van der Waals surface area contributed by atoms with E-state index in [-0.39, 0.29) is 5.56 Å². The molecule has 0 bridgehead atoms. The highest BCUT2D eigenvalue weighted by Crippen LogP contribution is 2.32. The molecule has 0 amide bonds. The number of hydrogen-bond donors (Lipinski definition) is 1. The predicted molar refractivity (Wildman–Crippen MR) is 70.7 cm³/mol. The number of nitrogens with zero attached hydrogens (tertiary/aromatic N) is 1. The minimum Gasteiger partial charge on any atom is -0.477 e. The highest BCUT2D eigenvalue weighted by atomic mass is 16.5. The molecule has 0 atom stereocenters. The van der Waals surface area contributed by atoms with Crippen LogP contribution < -0.4 is 4.74 Å². The van der Waals surface area contributed by atoms with Gasteiger partial charge in [-0.1, -0.05) is 12.8 Å². The quantitative estimate of drug-likeness (QED) is 0.885. The molecule has 19 heavy (non-hydrogen) atoms. The van der Waals surface area contributed by atoms with Crippen LogP contribution >= 0.6 is 0 Å². The summed E-state index contributed by atoms with van der Waals surface area (Å²) in [7, 11) is 0. The van der Waals surface area contributed by atoms with Crippen molar-refractivity contribution < 1.29 is 14.6 Å². The van der Waals surface area contributed by atoms with E-state index in [0.717, 1.165) is 49.3 Å². The molecule has 0 aliphatic heterocycles. The van der Waals surface area contributed by atoms with Crippen LogP contribution in [0.15, 0.2) is 6.07 Å². The largest absolute Gasteiger partial charge is 0.477 e. The second kappa shape index (κ2) is 5.19. The van der Waals surface area contributed by atoms with Crippen molar-refractivity contribution in [1.82, 2.24) is 4.98 Å². The molecule has 1 aromatic heterocycles. The number of fused-ring (bicyclic) bond motifs is 1. The highest BCUT2D eigenvalue weighted by molar-refractivity contribution is 5.90. The fraction of sp³-hybridized carbons (Fsp3) is 0.600. The van der Waals surface area contributed by atoms with E-state index >= 15 is 0 Å². The lowest BCUT2D eigenvalue weighted by molar-refractivity contribution is 0.0690. The van der Waals surface area contributed by atoms with Crippen molar-refractivity contribution in [3.63, 3.8) is 0 Å². The van der Waals surface area contributed by atoms with Crippen LogP contribution in [-0.2, 0) is 12.8 Å². The summed E-state index contributed by atoms with van der Waals surface area (Å²) in [4.78, 5) is 15.7. The first-order chi connectivity index (χ1) is 9.24. The maximum atomic E-state index is 11.3. The van der Waals surface area contributed by atoms with Gasteiger partial charge in [0, 0.05) is 5.69 Å². The first-order valence-corrected chi connectivity index (χ1v) is 7.13. The molecule has 0 unspecified atom stereocenters. The van der Waals surface area contributed by atoms with Gasteiger partial charge >= 0.3 is 5.97 Å². The lowest BCUT2D eigenvalue weighted by atomic mass is 9.95. The van der Waals surface area contributed by atoms with Gasteiger partial charge in [0.25, 0.3) is 0 Å². The molecule has 1 fully saturated rings. The molecule has 1 N–H and O–H groups in total. The zero-order chi connectivity index (χ0) is 13.2. The maximum Gasteiger partial charge on any atom is 0.341 e. The zero-order valence-electron chi connectivity index (χ0n) is 11.0. The zero-order valence-corrected chi connectivity index (χ0v) is 11.0. The van der Waals surface area contributed by atoms with Crippen molar-refractivity contribution in [2.75, 3.05) is 6.61 Å². The molecule has 2 aliphatic rings. The number of aromatic nitrogens is 1. The molecule has 4 nitrogen and oxygen atoms in total. The van der Waals surface area contributed by atoms with Crippen molar-refractivity contribution in [2.24, 2.45) is 5.92 Å². The Morgan fingerprint density at radius 3 is 2.89 bits per heavy atom. The van der Waals surface area contributed by atoms with E-state index in [2.05, 4.69) is 4.98 Å². The van der Waals surface area contributed by atoms with Gasteiger partial charge in [0.15, 0.2) is 0 Å². The van der Waals surface area contributed by atoms with Gasteiger partial charge in [-0.05, 0) is 49.7 Å². The minimum absolute atomic E-state index is 0.219. The summed E-state index contributed by atoms with van der Waals surface area (Å²) in [6, 6.07) is 1.76. The van der Waals surface area contributed by atoms with Gasteiger partial charge < -0.3 is 9.84 Å². The molecule has 0 saturated heterocycles. The maximum absolute atomic E-state index is 11.3. The molecular weight excluding hydrogens is 242 g/mol. The van der Waals surface area contributed by atoms with Gasteiger partial charge in [-0.15, -0.1) is 0 Å². The highest BCUT2D eigenvalue weighted by Gasteiger charge is 2.23. The molecule has 1 aromatic rings. The molecule has 2 aliphatic carbocycles. The van der Waals surface area contributed by atoms with E-state index in [4.69, 9.17) is 4.74 Å². The SMILES string of the molecule is O=C(O)c1cc2c(nc1OCCC1CC1)CCCC2. The third kappa shape index (κ3) is 2.88. The van der Waals surface area contributed by atoms with E-state index < -0.39 is 5.97 Å². The van der Waals surface area contributed by atoms with E-state index in [1.54, 1.807) is 6.07 Å². The summed E-state index contributed by atoms with van der Waals surface area (Å²) >= 11 is 0. The molecular formula is C15H19NO3. The number of rotatable bonds is 5. The average molecular weight is 261 g/mol. The summed E-state index contributed by atoms with van der Waals surface area (Å²) in [5, 5.41) is 9.27. The van der Waals surface area contributed by atoms with Gasteiger partial charge in [-0.3, -0.25) is 0 Å². The Balaban J connectivity index is 1.80.